The van der Waals surface area contributed by atoms with Crippen molar-refractivity contribution < 1.29 is 23.8 Å². The Balaban J connectivity index is 1.72. The second-order valence-corrected chi connectivity index (χ2v) is 4.05. The van der Waals surface area contributed by atoms with Gasteiger partial charge in [0.1, 0.15) is 6.61 Å². The first-order valence-corrected chi connectivity index (χ1v) is 5.80. The second kappa shape index (κ2) is 4.64. The molecular weight excluding hydrogens is 250 g/mol. The van der Waals surface area contributed by atoms with Crippen molar-refractivity contribution in [1.82, 2.24) is 4.90 Å². The molecule has 1 aromatic carbocycles. The first-order valence-electron chi connectivity index (χ1n) is 5.80. The Morgan fingerprint density at radius 2 is 2.05 bits per heavy atom. The van der Waals surface area contributed by atoms with E-state index in [0.29, 0.717) is 18.0 Å². The predicted octanol–water partition coefficient (Wildman–Crippen LogP) is 1.41. The van der Waals surface area contributed by atoms with Gasteiger partial charge in [0.2, 0.25) is 6.79 Å². The number of imide groups is 1. The minimum absolute atomic E-state index is 0.209. The summed E-state index contributed by atoms with van der Waals surface area (Å²) in [6.07, 6.45) is 2.36. The lowest BCUT2D eigenvalue weighted by atomic mass is 10.2. The molecule has 0 saturated carbocycles. The van der Waals surface area contributed by atoms with Gasteiger partial charge in [-0.15, -0.1) is 0 Å². The van der Waals surface area contributed by atoms with E-state index in [9.17, 15) is 9.59 Å². The molecule has 6 nitrogen and oxygen atoms in total. The Morgan fingerprint density at radius 1 is 1.21 bits per heavy atom. The Hall–Kier alpha value is -2.50. The van der Waals surface area contributed by atoms with Crippen LogP contribution in [0.1, 0.15) is 5.56 Å². The standard InChI is InChI=1S/C13H11NO5/c15-12(14-5-6-17-13(14)16)4-2-9-1-3-10-11(7-9)19-8-18-10/h1-4,7H,5-6,8H2. The van der Waals surface area contributed by atoms with Gasteiger partial charge in [0, 0.05) is 6.08 Å². The molecule has 1 saturated heterocycles. The average molecular weight is 261 g/mol. The second-order valence-electron chi connectivity index (χ2n) is 4.05. The summed E-state index contributed by atoms with van der Waals surface area (Å²) in [4.78, 5) is 24.0. The highest BCUT2D eigenvalue weighted by atomic mass is 16.7. The number of benzene rings is 1. The highest BCUT2D eigenvalue weighted by Gasteiger charge is 2.26. The van der Waals surface area contributed by atoms with Crippen LogP contribution in [0.2, 0.25) is 0 Å². The molecule has 19 heavy (non-hydrogen) atoms. The number of ether oxygens (including phenoxy) is 3. The van der Waals surface area contributed by atoms with E-state index >= 15 is 0 Å². The maximum atomic E-state index is 11.7. The molecule has 0 aromatic heterocycles. The van der Waals surface area contributed by atoms with Gasteiger partial charge in [-0.2, -0.15) is 0 Å². The van der Waals surface area contributed by atoms with Crippen LogP contribution in [0.25, 0.3) is 6.08 Å². The summed E-state index contributed by atoms with van der Waals surface area (Å²) in [5.74, 6) is 0.946. The Morgan fingerprint density at radius 3 is 2.84 bits per heavy atom. The summed E-state index contributed by atoms with van der Waals surface area (Å²) >= 11 is 0. The maximum Gasteiger partial charge on any atom is 0.416 e. The lowest BCUT2D eigenvalue weighted by Crippen LogP contribution is -2.29. The summed E-state index contributed by atoms with van der Waals surface area (Å²) < 4.78 is 15.1. The largest absolute Gasteiger partial charge is 0.454 e. The molecule has 0 atom stereocenters. The summed E-state index contributed by atoms with van der Waals surface area (Å²) in [6, 6.07) is 5.35. The van der Waals surface area contributed by atoms with Crippen molar-refractivity contribution >= 4 is 18.1 Å². The lowest BCUT2D eigenvalue weighted by Gasteiger charge is -2.06. The molecule has 1 aromatic rings. The third-order valence-electron chi connectivity index (χ3n) is 2.84. The number of amides is 2. The SMILES string of the molecule is O=C(C=Cc1ccc2c(c1)OCO2)N1CCOC1=O. The van der Waals surface area contributed by atoms with E-state index in [1.807, 2.05) is 0 Å². The van der Waals surface area contributed by atoms with Crippen molar-refractivity contribution in [3.8, 4) is 11.5 Å². The predicted molar refractivity (Wildman–Crippen MR) is 64.7 cm³/mol. The van der Waals surface area contributed by atoms with Gasteiger partial charge in [-0.3, -0.25) is 4.79 Å². The highest BCUT2D eigenvalue weighted by Crippen LogP contribution is 2.32. The van der Waals surface area contributed by atoms with Crippen LogP contribution in [0.4, 0.5) is 4.79 Å². The molecule has 2 amide bonds. The number of carbonyl (C=O) groups excluding carboxylic acids is 2. The van der Waals surface area contributed by atoms with E-state index in [-0.39, 0.29) is 19.3 Å². The Labute approximate surface area is 109 Å². The van der Waals surface area contributed by atoms with Crippen molar-refractivity contribution in [3.63, 3.8) is 0 Å². The van der Waals surface area contributed by atoms with Crippen LogP contribution >= 0.6 is 0 Å². The Kier molecular flexibility index (Phi) is 2.83. The van der Waals surface area contributed by atoms with Crippen molar-refractivity contribution in [3.05, 3.63) is 29.8 Å². The molecule has 1 fully saturated rings. The fraction of sp³-hybridized carbons (Fsp3) is 0.231. The van der Waals surface area contributed by atoms with E-state index in [1.165, 1.54) is 6.08 Å². The van der Waals surface area contributed by atoms with Crippen LogP contribution in [0.3, 0.4) is 0 Å². The van der Waals surface area contributed by atoms with Crippen LogP contribution in [0, 0.1) is 0 Å². The van der Waals surface area contributed by atoms with E-state index in [1.54, 1.807) is 24.3 Å². The molecule has 3 rings (SSSR count). The highest BCUT2D eigenvalue weighted by molar-refractivity contribution is 6.01. The number of hydrogen-bond donors (Lipinski definition) is 0. The van der Waals surface area contributed by atoms with Gasteiger partial charge >= 0.3 is 6.09 Å². The fourth-order valence-corrected chi connectivity index (χ4v) is 1.87. The summed E-state index contributed by atoms with van der Waals surface area (Å²) in [5.41, 5.74) is 0.796. The molecule has 0 bridgehead atoms. The molecule has 0 spiro atoms. The lowest BCUT2D eigenvalue weighted by molar-refractivity contribution is -0.122. The normalized spacial score (nSPS) is 17.1. The van der Waals surface area contributed by atoms with Gasteiger partial charge in [0.05, 0.1) is 6.54 Å². The van der Waals surface area contributed by atoms with Gasteiger partial charge in [-0.1, -0.05) is 6.07 Å². The van der Waals surface area contributed by atoms with Gasteiger partial charge in [0.25, 0.3) is 5.91 Å². The molecule has 0 unspecified atom stereocenters. The molecule has 98 valence electrons. The molecular formula is C13H11NO5. The minimum Gasteiger partial charge on any atom is -0.454 e. The number of hydrogen-bond acceptors (Lipinski definition) is 5. The number of carbonyl (C=O) groups is 2. The van der Waals surface area contributed by atoms with E-state index in [4.69, 9.17) is 14.2 Å². The summed E-state index contributed by atoms with van der Waals surface area (Å²) in [5, 5.41) is 0. The zero-order chi connectivity index (χ0) is 13.2. The molecule has 0 radical (unpaired) electrons. The molecule has 2 aliphatic heterocycles. The van der Waals surface area contributed by atoms with Crippen LogP contribution in [0.5, 0.6) is 11.5 Å². The quantitative estimate of drug-likeness (QED) is 0.753. The first kappa shape index (κ1) is 11.6. The van der Waals surface area contributed by atoms with Crippen LogP contribution < -0.4 is 9.47 Å². The maximum absolute atomic E-state index is 11.7. The number of cyclic esters (lactones) is 1. The number of rotatable bonds is 2. The number of fused-ring (bicyclic) bond motifs is 1. The fourth-order valence-electron chi connectivity index (χ4n) is 1.87. The zero-order valence-corrected chi connectivity index (χ0v) is 10.00. The van der Waals surface area contributed by atoms with Crippen LogP contribution in [-0.2, 0) is 9.53 Å². The smallest absolute Gasteiger partial charge is 0.416 e. The van der Waals surface area contributed by atoms with E-state index < -0.39 is 6.09 Å². The van der Waals surface area contributed by atoms with Crippen molar-refractivity contribution in [2.24, 2.45) is 0 Å². The molecule has 6 heteroatoms. The van der Waals surface area contributed by atoms with Gasteiger partial charge in [-0.05, 0) is 23.8 Å². The molecule has 0 aliphatic carbocycles. The molecule has 0 N–H and O–H groups in total. The van der Waals surface area contributed by atoms with Crippen molar-refractivity contribution in [1.29, 1.82) is 0 Å². The van der Waals surface area contributed by atoms with Crippen molar-refractivity contribution in [2.45, 2.75) is 0 Å². The molecule has 2 heterocycles. The summed E-state index contributed by atoms with van der Waals surface area (Å²) in [7, 11) is 0. The Bertz CT molecular complexity index is 566. The third-order valence-corrected chi connectivity index (χ3v) is 2.84. The first-order chi connectivity index (χ1) is 9.24. The molecule has 2 aliphatic rings. The van der Waals surface area contributed by atoms with Gasteiger partial charge < -0.3 is 14.2 Å². The minimum atomic E-state index is -0.597. The van der Waals surface area contributed by atoms with Crippen LogP contribution in [-0.4, -0.2) is 36.8 Å². The monoisotopic (exact) mass is 261 g/mol. The van der Waals surface area contributed by atoms with Gasteiger partial charge in [0.15, 0.2) is 11.5 Å². The average Bonchev–Trinajstić information content (AvgIpc) is 3.03. The van der Waals surface area contributed by atoms with Gasteiger partial charge in [-0.25, -0.2) is 9.69 Å². The topological polar surface area (TPSA) is 65.1 Å². The summed E-state index contributed by atoms with van der Waals surface area (Å²) in [6.45, 7) is 0.757. The van der Waals surface area contributed by atoms with Crippen molar-refractivity contribution in [2.75, 3.05) is 19.9 Å². The third kappa shape index (κ3) is 2.24. The van der Waals surface area contributed by atoms with Crippen LogP contribution in [0.15, 0.2) is 24.3 Å². The number of nitrogens with zero attached hydrogens (tertiary/aromatic N) is 1. The van der Waals surface area contributed by atoms with E-state index in [2.05, 4.69) is 0 Å². The zero-order valence-electron chi connectivity index (χ0n) is 10.00. The van der Waals surface area contributed by atoms with E-state index in [0.717, 1.165) is 10.5 Å².